The monoisotopic (exact) mass is 220 g/mol. The molecule has 0 unspecified atom stereocenters. The van der Waals surface area contributed by atoms with Gasteiger partial charge in [0, 0.05) is 21.6 Å². The summed E-state index contributed by atoms with van der Waals surface area (Å²) in [6, 6.07) is 7.97. The molecule has 0 radical (unpaired) electrons. The normalized spacial score (nSPS) is 18.7. The molecule has 0 aromatic heterocycles. The molecule has 1 nitrogen and oxygen atoms in total. The largest absolute Gasteiger partial charge is 0.294 e. The summed E-state index contributed by atoms with van der Waals surface area (Å²) in [5.41, 5.74) is 0.917. The highest BCUT2D eigenvalue weighted by Crippen LogP contribution is 2.46. The van der Waals surface area contributed by atoms with Gasteiger partial charge in [0.15, 0.2) is 5.78 Å². The van der Waals surface area contributed by atoms with Crippen LogP contribution in [0.5, 0.6) is 0 Å². The van der Waals surface area contributed by atoms with Crippen molar-refractivity contribution in [3.05, 3.63) is 29.8 Å². The molecule has 0 spiro atoms. The number of rotatable bonds is 2. The Hall–Kier alpha value is -0.760. The van der Waals surface area contributed by atoms with Gasteiger partial charge in [0.05, 0.1) is 0 Å². The Morgan fingerprint density at radius 2 is 1.93 bits per heavy atom. The first-order valence-electron chi connectivity index (χ1n) is 5.52. The van der Waals surface area contributed by atoms with E-state index < -0.39 is 0 Å². The van der Waals surface area contributed by atoms with E-state index in [1.807, 2.05) is 30.0 Å². The van der Waals surface area contributed by atoms with Crippen molar-refractivity contribution in [1.29, 1.82) is 0 Å². The maximum absolute atomic E-state index is 12.0. The van der Waals surface area contributed by atoms with E-state index in [4.69, 9.17) is 0 Å². The molecule has 0 N–H and O–H groups in total. The molecule has 2 heteroatoms. The van der Waals surface area contributed by atoms with Crippen LogP contribution in [-0.2, 0) is 0 Å². The lowest BCUT2D eigenvalue weighted by Crippen LogP contribution is -2.30. The summed E-state index contributed by atoms with van der Waals surface area (Å²) in [6.07, 6.45) is 2.82. The van der Waals surface area contributed by atoms with Crippen LogP contribution in [0.4, 0.5) is 0 Å². The Bertz CT molecular complexity index is 380. The molecule has 0 amide bonds. The molecule has 1 aliphatic rings. The Labute approximate surface area is 95.3 Å². The molecular formula is C13H16OS. The smallest absolute Gasteiger partial charge is 0.165 e. The van der Waals surface area contributed by atoms with Gasteiger partial charge < -0.3 is 0 Å². The molecule has 0 atom stereocenters. The lowest BCUT2D eigenvalue weighted by atomic mass is 9.92. The van der Waals surface area contributed by atoms with Crippen LogP contribution in [0.2, 0.25) is 0 Å². The van der Waals surface area contributed by atoms with Gasteiger partial charge in [0.1, 0.15) is 0 Å². The Morgan fingerprint density at radius 3 is 2.60 bits per heavy atom. The summed E-state index contributed by atoms with van der Waals surface area (Å²) in [6.45, 7) is 4.36. The number of benzene rings is 1. The van der Waals surface area contributed by atoms with Crippen LogP contribution in [0, 0.1) is 0 Å². The van der Waals surface area contributed by atoms with E-state index in [2.05, 4.69) is 19.9 Å². The van der Waals surface area contributed by atoms with E-state index in [0.29, 0.717) is 12.2 Å². The molecule has 0 aliphatic carbocycles. The molecule has 1 heterocycles. The van der Waals surface area contributed by atoms with Crippen LogP contribution in [0.1, 0.15) is 43.5 Å². The topological polar surface area (TPSA) is 17.1 Å². The highest BCUT2D eigenvalue weighted by atomic mass is 32.2. The predicted molar refractivity (Wildman–Crippen MR) is 64.6 cm³/mol. The van der Waals surface area contributed by atoms with E-state index in [0.717, 1.165) is 23.3 Å². The summed E-state index contributed by atoms with van der Waals surface area (Å²) in [5.74, 6) is 0.313. The van der Waals surface area contributed by atoms with E-state index in [9.17, 15) is 4.79 Å². The molecule has 80 valence electrons. The molecule has 2 rings (SSSR count). The average Bonchev–Trinajstić information content (AvgIpc) is 2.29. The molecule has 0 saturated heterocycles. The molecular weight excluding hydrogens is 204 g/mol. The number of thioether (sulfide) groups is 1. The Morgan fingerprint density at radius 1 is 1.27 bits per heavy atom. The summed E-state index contributed by atoms with van der Waals surface area (Å²) in [4.78, 5) is 13.2. The zero-order valence-corrected chi connectivity index (χ0v) is 10.1. The van der Waals surface area contributed by atoms with Crippen LogP contribution in [0.15, 0.2) is 29.2 Å². The number of carbonyl (C=O) groups is 1. The molecule has 0 fully saturated rings. The van der Waals surface area contributed by atoms with Crippen LogP contribution in [0.3, 0.4) is 0 Å². The molecule has 15 heavy (non-hydrogen) atoms. The van der Waals surface area contributed by atoms with Gasteiger partial charge in [-0.1, -0.05) is 32.0 Å². The standard InChI is InChI=1S/C13H16OS/c1-3-13(4-2)9-11(14)10-7-5-6-8-12(10)15-13/h5-8H,3-4,9H2,1-2H3. The van der Waals surface area contributed by atoms with Crippen LogP contribution < -0.4 is 0 Å². The minimum absolute atomic E-state index is 0.144. The number of ketones is 1. The number of carbonyl (C=O) groups excluding carboxylic acids is 1. The van der Waals surface area contributed by atoms with E-state index in [1.165, 1.54) is 0 Å². The minimum atomic E-state index is 0.144. The SMILES string of the molecule is CCC1(CC)CC(=O)c2ccccc2S1. The third kappa shape index (κ3) is 1.83. The van der Waals surface area contributed by atoms with Gasteiger partial charge in [-0.2, -0.15) is 0 Å². The fourth-order valence-corrected chi connectivity index (χ4v) is 3.48. The molecule has 0 saturated carbocycles. The van der Waals surface area contributed by atoms with E-state index in [1.54, 1.807) is 0 Å². The van der Waals surface area contributed by atoms with Gasteiger partial charge in [-0.3, -0.25) is 4.79 Å². The minimum Gasteiger partial charge on any atom is -0.294 e. The van der Waals surface area contributed by atoms with Crippen molar-refractivity contribution in [2.24, 2.45) is 0 Å². The van der Waals surface area contributed by atoms with Crippen molar-refractivity contribution in [3.63, 3.8) is 0 Å². The maximum atomic E-state index is 12.0. The first-order valence-corrected chi connectivity index (χ1v) is 6.33. The highest BCUT2D eigenvalue weighted by molar-refractivity contribution is 8.00. The lowest BCUT2D eigenvalue weighted by molar-refractivity contribution is 0.0960. The van der Waals surface area contributed by atoms with Crippen molar-refractivity contribution in [2.45, 2.75) is 42.8 Å². The summed E-state index contributed by atoms with van der Waals surface area (Å²) in [5, 5.41) is 0. The Balaban J connectivity index is 2.41. The van der Waals surface area contributed by atoms with Crippen LogP contribution in [0.25, 0.3) is 0 Å². The van der Waals surface area contributed by atoms with E-state index >= 15 is 0 Å². The van der Waals surface area contributed by atoms with Crippen LogP contribution in [-0.4, -0.2) is 10.5 Å². The van der Waals surface area contributed by atoms with Gasteiger partial charge in [-0.05, 0) is 18.9 Å². The van der Waals surface area contributed by atoms with Gasteiger partial charge in [-0.25, -0.2) is 0 Å². The highest BCUT2D eigenvalue weighted by Gasteiger charge is 2.36. The number of hydrogen-bond acceptors (Lipinski definition) is 2. The van der Waals surface area contributed by atoms with Crippen molar-refractivity contribution in [3.8, 4) is 0 Å². The fourth-order valence-electron chi connectivity index (χ4n) is 2.09. The molecule has 1 aliphatic heterocycles. The van der Waals surface area contributed by atoms with Gasteiger partial charge in [0.25, 0.3) is 0 Å². The van der Waals surface area contributed by atoms with Crippen molar-refractivity contribution in [1.82, 2.24) is 0 Å². The molecule has 0 bridgehead atoms. The van der Waals surface area contributed by atoms with Crippen LogP contribution >= 0.6 is 11.8 Å². The maximum Gasteiger partial charge on any atom is 0.165 e. The summed E-state index contributed by atoms with van der Waals surface area (Å²) < 4.78 is 0.144. The lowest BCUT2D eigenvalue weighted by Gasteiger charge is -2.34. The predicted octanol–water partition coefficient (Wildman–Crippen LogP) is 3.92. The third-order valence-electron chi connectivity index (χ3n) is 3.29. The zero-order chi connectivity index (χ0) is 10.9. The number of fused-ring (bicyclic) bond motifs is 1. The first kappa shape index (κ1) is 10.7. The van der Waals surface area contributed by atoms with Gasteiger partial charge >= 0.3 is 0 Å². The number of hydrogen-bond donors (Lipinski definition) is 0. The van der Waals surface area contributed by atoms with Crippen molar-refractivity contribution < 1.29 is 4.79 Å². The zero-order valence-electron chi connectivity index (χ0n) is 9.25. The second-order valence-corrected chi connectivity index (χ2v) is 5.60. The van der Waals surface area contributed by atoms with Gasteiger partial charge in [0.2, 0.25) is 0 Å². The number of Topliss-reactive ketones (excluding diaryl/α,β-unsaturated/α-hetero) is 1. The third-order valence-corrected chi connectivity index (χ3v) is 5.02. The van der Waals surface area contributed by atoms with E-state index in [-0.39, 0.29) is 4.75 Å². The Kier molecular flexibility index (Phi) is 2.87. The molecule has 1 aromatic carbocycles. The first-order chi connectivity index (χ1) is 7.21. The van der Waals surface area contributed by atoms with Gasteiger partial charge in [-0.15, -0.1) is 11.8 Å². The van der Waals surface area contributed by atoms with Crippen molar-refractivity contribution >= 4 is 17.5 Å². The fraction of sp³-hybridized carbons (Fsp3) is 0.462. The summed E-state index contributed by atoms with van der Waals surface area (Å²) in [7, 11) is 0. The average molecular weight is 220 g/mol. The summed E-state index contributed by atoms with van der Waals surface area (Å²) >= 11 is 1.89. The second kappa shape index (κ2) is 4.01. The second-order valence-electron chi connectivity index (χ2n) is 4.09. The quantitative estimate of drug-likeness (QED) is 0.751. The molecule has 1 aromatic rings. The van der Waals surface area contributed by atoms with Crippen molar-refractivity contribution in [2.75, 3.05) is 0 Å².